The fourth-order valence-corrected chi connectivity index (χ4v) is 2.94. The van der Waals surface area contributed by atoms with Gasteiger partial charge in [-0.1, -0.05) is 18.2 Å². The summed E-state index contributed by atoms with van der Waals surface area (Å²) in [6, 6.07) is 12.2. The predicted octanol–water partition coefficient (Wildman–Crippen LogP) is 1.25. The molecule has 0 spiro atoms. The molecule has 8 heteroatoms. The molecular formula is C20H15FN4O3. The zero-order chi connectivity index (χ0) is 19.7. The van der Waals surface area contributed by atoms with Gasteiger partial charge in [-0.15, -0.1) is 0 Å². The molecule has 140 valence electrons. The number of pyridine rings is 1. The van der Waals surface area contributed by atoms with Gasteiger partial charge in [-0.25, -0.2) is 9.37 Å². The second kappa shape index (κ2) is 7.07. The van der Waals surface area contributed by atoms with Crippen molar-refractivity contribution in [3.05, 3.63) is 115 Å². The molecule has 0 aliphatic carbocycles. The highest BCUT2D eigenvalue weighted by atomic mass is 19.1. The molecule has 0 saturated heterocycles. The van der Waals surface area contributed by atoms with Gasteiger partial charge in [-0.3, -0.25) is 18.8 Å². The van der Waals surface area contributed by atoms with Crippen LogP contribution in [0.2, 0.25) is 0 Å². The summed E-state index contributed by atoms with van der Waals surface area (Å²) in [7, 11) is 0. The standard InChI is InChI=1S/C20H15FN4O3/c21-15-6-4-14(5-7-15)12-23-9-10-24(20(28)19(23)27)13-16-11-18(26)25-8-2-1-3-17(25)22-16/h1-11H,12-13H2. The molecule has 0 amide bonds. The zero-order valence-electron chi connectivity index (χ0n) is 14.7. The Morgan fingerprint density at radius 3 is 2.21 bits per heavy atom. The highest BCUT2D eigenvalue weighted by molar-refractivity contribution is 5.38. The summed E-state index contributed by atoms with van der Waals surface area (Å²) in [5.41, 5.74) is -0.149. The average molecular weight is 378 g/mol. The first-order valence-electron chi connectivity index (χ1n) is 8.53. The largest absolute Gasteiger partial charge is 0.316 e. The fourth-order valence-electron chi connectivity index (χ4n) is 2.94. The number of benzene rings is 1. The van der Waals surface area contributed by atoms with Crippen molar-refractivity contribution >= 4 is 5.65 Å². The molecule has 1 aromatic carbocycles. The van der Waals surface area contributed by atoms with E-state index in [1.165, 1.54) is 44.1 Å². The van der Waals surface area contributed by atoms with Gasteiger partial charge in [0.05, 0.1) is 18.8 Å². The van der Waals surface area contributed by atoms with Gasteiger partial charge in [0.1, 0.15) is 11.5 Å². The van der Waals surface area contributed by atoms with Crippen molar-refractivity contribution in [2.24, 2.45) is 0 Å². The molecule has 3 heterocycles. The number of fused-ring (bicyclic) bond motifs is 1. The molecule has 0 N–H and O–H groups in total. The van der Waals surface area contributed by atoms with Gasteiger partial charge in [0.15, 0.2) is 0 Å². The van der Waals surface area contributed by atoms with E-state index >= 15 is 0 Å². The summed E-state index contributed by atoms with van der Waals surface area (Å²) in [6.07, 6.45) is 4.57. The van der Waals surface area contributed by atoms with Crippen LogP contribution in [0.4, 0.5) is 4.39 Å². The van der Waals surface area contributed by atoms with Crippen molar-refractivity contribution in [1.82, 2.24) is 18.5 Å². The molecule has 4 rings (SSSR count). The van der Waals surface area contributed by atoms with Crippen molar-refractivity contribution < 1.29 is 4.39 Å². The molecule has 0 saturated carbocycles. The lowest BCUT2D eigenvalue weighted by molar-refractivity contribution is 0.624. The third-order valence-electron chi connectivity index (χ3n) is 4.35. The van der Waals surface area contributed by atoms with E-state index in [1.807, 2.05) is 0 Å². The van der Waals surface area contributed by atoms with E-state index in [0.29, 0.717) is 16.9 Å². The molecule has 4 aromatic rings. The van der Waals surface area contributed by atoms with Gasteiger partial charge >= 0.3 is 11.1 Å². The van der Waals surface area contributed by atoms with Crippen LogP contribution in [0, 0.1) is 5.82 Å². The van der Waals surface area contributed by atoms with Gasteiger partial charge in [-0.05, 0) is 29.8 Å². The molecule has 0 atom stereocenters. The van der Waals surface area contributed by atoms with E-state index in [9.17, 15) is 18.8 Å². The minimum Gasteiger partial charge on any atom is -0.305 e. The predicted molar refractivity (Wildman–Crippen MR) is 101 cm³/mol. The van der Waals surface area contributed by atoms with Crippen LogP contribution in [0.3, 0.4) is 0 Å². The highest BCUT2D eigenvalue weighted by Gasteiger charge is 2.09. The van der Waals surface area contributed by atoms with Crippen molar-refractivity contribution in [3.63, 3.8) is 0 Å². The van der Waals surface area contributed by atoms with Crippen LogP contribution in [0.5, 0.6) is 0 Å². The maximum absolute atomic E-state index is 13.0. The average Bonchev–Trinajstić information content (AvgIpc) is 2.69. The number of aromatic nitrogens is 4. The lowest BCUT2D eigenvalue weighted by atomic mass is 10.2. The quantitative estimate of drug-likeness (QED) is 0.501. The summed E-state index contributed by atoms with van der Waals surface area (Å²) < 4.78 is 16.9. The Kier molecular flexibility index (Phi) is 4.44. The third kappa shape index (κ3) is 3.39. The van der Waals surface area contributed by atoms with Crippen LogP contribution in [-0.4, -0.2) is 18.5 Å². The van der Waals surface area contributed by atoms with Gasteiger partial charge < -0.3 is 9.13 Å². The second-order valence-electron chi connectivity index (χ2n) is 6.31. The van der Waals surface area contributed by atoms with Crippen LogP contribution in [0.15, 0.2) is 81.5 Å². The first-order valence-corrected chi connectivity index (χ1v) is 8.53. The SMILES string of the molecule is O=c1c(=O)n(Cc2cc(=O)n3ccccc3n2)ccn1Cc1ccc(F)cc1. The topological polar surface area (TPSA) is 78.4 Å². The van der Waals surface area contributed by atoms with Gasteiger partial charge in [0.2, 0.25) is 0 Å². The summed E-state index contributed by atoms with van der Waals surface area (Å²) in [4.78, 5) is 41.4. The van der Waals surface area contributed by atoms with Crippen molar-refractivity contribution in [2.45, 2.75) is 13.1 Å². The Balaban J connectivity index is 1.65. The van der Waals surface area contributed by atoms with Crippen LogP contribution in [-0.2, 0) is 13.1 Å². The van der Waals surface area contributed by atoms with Crippen LogP contribution >= 0.6 is 0 Å². The Bertz CT molecular complexity index is 1340. The second-order valence-corrected chi connectivity index (χ2v) is 6.31. The van der Waals surface area contributed by atoms with Crippen molar-refractivity contribution in [2.75, 3.05) is 0 Å². The van der Waals surface area contributed by atoms with Crippen LogP contribution in [0.25, 0.3) is 5.65 Å². The first-order chi connectivity index (χ1) is 13.5. The summed E-state index contributed by atoms with van der Waals surface area (Å²) >= 11 is 0. The first kappa shape index (κ1) is 17.6. The lowest BCUT2D eigenvalue weighted by Gasteiger charge is -2.09. The molecule has 0 unspecified atom stereocenters. The van der Waals surface area contributed by atoms with E-state index in [-0.39, 0.29) is 24.5 Å². The number of hydrogen-bond acceptors (Lipinski definition) is 4. The monoisotopic (exact) mass is 378 g/mol. The summed E-state index contributed by atoms with van der Waals surface area (Å²) in [5.74, 6) is -0.370. The Hall–Kier alpha value is -3.81. The molecule has 0 aliphatic rings. The number of nitrogens with zero attached hydrogens (tertiary/aromatic N) is 4. The Morgan fingerprint density at radius 1 is 0.821 bits per heavy atom. The Labute approximate surface area is 157 Å². The van der Waals surface area contributed by atoms with Gasteiger partial charge in [-0.2, -0.15) is 0 Å². The third-order valence-corrected chi connectivity index (χ3v) is 4.35. The maximum atomic E-state index is 13.0. The molecule has 0 fully saturated rings. The van der Waals surface area contributed by atoms with E-state index < -0.39 is 11.1 Å². The number of hydrogen-bond donors (Lipinski definition) is 0. The normalized spacial score (nSPS) is 11.0. The molecule has 28 heavy (non-hydrogen) atoms. The molecule has 7 nitrogen and oxygen atoms in total. The van der Waals surface area contributed by atoms with E-state index in [0.717, 1.165) is 0 Å². The summed E-state index contributed by atoms with van der Waals surface area (Å²) in [5, 5.41) is 0. The van der Waals surface area contributed by atoms with Crippen LogP contribution in [0.1, 0.15) is 11.3 Å². The molecule has 0 radical (unpaired) electrons. The van der Waals surface area contributed by atoms with E-state index in [2.05, 4.69) is 4.98 Å². The Morgan fingerprint density at radius 2 is 1.50 bits per heavy atom. The lowest BCUT2D eigenvalue weighted by Crippen LogP contribution is -2.41. The zero-order valence-corrected chi connectivity index (χ0v) is 14.7. The molecular weight excluding hydrogens is 363 g/mol. The van der Waals surface area contributed by atoms with E-state index in [4.69, 9.17) is 0 Å². The van der Waals surface area contributed by atoms with Gasteiger partial charge in [0, 0.05) is 24.7 Å². The van der Waals surface area contributed by atoms with Crippen molar-refractivity contribution in [1.29, 1.82) is 0 Å². The smallest absolute Gasteiger partial charge is 0.305 e. The van der Waals surface area contributed by atoms with Gasteiger partial charge in [0.25, 0.3) is 5.56 Å². The number of rotatable bonds is 4. The van der Waals surface area contributed by atoms with Crippen LogP contribution < -0.4 is 16.7 Å². The minimum atomic E-state index is -0.723. The fraction of sp³-hybridized carbons (Fsp3) is 0.100. The highest BCUT2D eigenvalue weighted by Crippen LogP contribution is 2.04. The number of halogens is 1. The van der Waals surface area contributed by atoms with E-state index in [1.54, 1.807) is 36.5 Å². The maximum Gasteiger partial charge on any atom is 0.316 e. The molecule has 3 aromatic heterocycles. The molecule has 0 aliphatic heterocycles. The molecule has 0 bridgehead atoms. The summed E-state index contributed by atoms with van der Waals surface area (Å²) in [6.45, 7) is 0.164. The minimum absolute atomic E-state index is 0.00605. The van der Waals surface area contributed by atoms with Crippen molar-refractivity contribution in [3.8, 4) is 0 Å².